The van der Waals surface area contributed by atoms with E-state index in [4.69, 9.17) is 4.42 Å². The van der Waals surface area contributed by atoms with Crippen LogP contribution in [0.4, 0.5) is 0 Å². The van der Waals surface area contributed by atoms with E-state index in [9.17, 15) is 9.59 Å². The second-order valence-corrected chi connectivity index (χ2v) is 7.22. The summed E-state index contributed by atoms with van der Waals surface area (Å²) in [7, 11) is 0. The number of hydrogen-bond acceptors (Lipinski definition) is 4. The van der Waals surface area contributed by atoms with Gasteiger partial charge in [0.15, 0.2) is 0 Å². The quantitative estimate of drug-likeness (QED) is 0.838. The minimum Gasteiger partial charge on any atom is -0.467 e. The highest BCUT2D eigenvalue weighted by Gasteiger charge is 2.39. The van der Waals surface area contributed by atoms with Gasteiger partial charge in [0.2, 0.25) is 11.8 Å². The molecular formula is C18H25N3O3. The number of likely N-dealkylation sites (tertiary alicyclic amines) is 1. The van der Waals surface area contributed by atoms with E-state index in [2.05, 4.69) is 4.90 Å². The lowest BCUT2D eigenvalue weighted by atomic mass is 9.98. The monoisotopic (exact) mass is 331 g/mol. The van der Waals surface area contributed by atoms with Gasteiger partial charge in [-0.2, -0.15) is 0 Å². The number of fused-ring (bicyclic) bond motifs is 1. The summed E-state index contributed by atoms with van der Waals surface area (Å²) < 4.78 is 5.32. The fourth-order valence-electron chi connectivity index (χ4n) is 4.30. The molecule has 130 valence electrons. The maximum Gasteiger partial charge on any atom is 0.228 e. The summed E-state index contributed by atoms with van der Waals surface area (Å²) >= 11 is 0. The molecule has 2 atom stereocenters. The maximum absolute atomic E-state index is 12.9. The summed E-state index contributed by atoms with van der Waals surface area (Å²) in [5.41, 5.74) is 0. The van der Waals surface area contributed by atoms with Crippen LogP contribution in [0, 0.1) is 5.92 Å². The third kappa shape index (κ3) is 3.07. The highest BCUT2D eigenvalue weighted by molar-refractivity contribution is 5.89. The Kier molecular flexibility index (Phi) is 4.31. The Morgan fingerprint density at radius 3 is 2.96 bits per heavy atom. The minimum atomic E-state index is -0.192. The Morgan fingerprint density at radius 1 is 1.21 bits per heavy atom. The van der Waals surface area contributed by atoms with Crippen molar-refractivity contribution in [2.45, 2.75) is 38.3 Å². The number of piperidine rings is 1. The zero-order valence-corrected chi connectivity index (χ0v) is 14.0. The summed E-state index contributed by atoms with van der Waals surface area (Å²) in [6, 6.07) is 4.21. The lowest BCUT2D eigenvalue weighted by Crippen LogP contribution is -2.57. The van der Waals surface area contributed by atoms with Gasteiger partial charge >= 0.3 is 0 Å². The molecule has 6 heteroatoms. The van der Waals surface area contributed by atoms with Crippen LogP contribution >= 0.6 is 0 Å². The van der Waals surface area contributed by atoms with E-state index in [0.717, 1.165) is 25.4 Å². The van der Waals surface area contributed by atoms with Gasteiger partial charge in [-0.25, -0.2) is 0 Å². The van der Waals surface area contributed by atoms with Crippen LogP contribution in [0.2, 0.25) is 0 Å². The van der Waals surface area contributed by atoms with Crippen LogP contribution in [0.5, 0.6) is 0 Å². The van der Waals surface area contributed by atoms with Crippen molar-refractivity contribution < 1.29 is 14.0 Å². The van der Waals surface area contributed by atoms with Gasteiger partial charge in [-0.3, -0.25) is 14.5 Å². The molecule has 2 amide bonds. The van der Waals surface area contributed by atoms with E-state index in [0.29, 0.717) is 25.6 Å². The smallest absolute Gasteiger partial charge is 0.228 e. The molecule has 3 fully saturated rings. The molecule has 0 spiro atoms. The van der Waals surface area contributed by atoms with Crippen molar-refractivity contribution in [3.63, 3.8) is 0 Å². The average Bonchev–Trinajstić information content (AvgIpc) is 3.24. The van der Waals surface area contributed by atoms with Crippen molar-refractivity contribution in [1.29, 1.82) is 0 Å². The van der Waals surface area contributed by atoms with E-state index >= 15 is 0 Å². The maximum atomic E-state index is 12.9. The number of furan rings is 1. The fourth-order valence-corrected chi connectivity index (χ4v) is 4.30. The van der Waals surface area contributed by atoms with Gasteiger partial charge in [-0.1, -0.05) is 6.42 Å². The van der Waals surface area contributed by atoms with Crippen LogP contribution in [0.1, 0.15) is 31.4 Å². The molecule has 0 aliphatic carbocycles. The number of rotatable bonds is 3. The first kappa shape index (κ1) is 15.7. The predicted octanol–water partition coefficient (Wildman–Crippen LogP) is 1.32. The fraction of sp³-hybridized carbons (Fsp3) is 0.667. The summed E-state index contributed by atoms with van der Waals surface area (Å²) in [6.07, 6.45) is 5.69. The molecule has 0 bridgehead atoms. The van der Waals surface area contributed by atoms with Crippen LogP contribution in [0.15, 0.2) is 22.8 Å². The second kappa shape index (κ2) is 6.59. The number of carbonyl (C=O) groups is 2. The van der Waals surface area contributed by atoms with Crippen LogP contribution < -0.4 is 0 Å². The standard InChI is InChI=1S/C18H25N3O3/c22-17-10-14(11-21(17)13-16-5-3-9-24-16)18(23)20-8-7-19-6-2-1-4-15(19)12-20/h3,5,9,14-15H,1-2,4,6-8,10-13H2/t14-,15-/m1/s1. The molecule has 0 saturated carbocycles. The van der Waals surface area contributed by atoms with Crippen LogP contribution in [0.3, 0.4) is 0 Å². The number of piperazine rings is 1. The Bertz CT molecular complexity index is 601. The summed E-state index contributed by atoms with van der Waals surface area (Å²) in [5, 5.41) is 0. The number of hydrogen-bond donors (Lipinski definition) is 0. The van der Waals surface area contributed by atoms with Gasteiger partial charge < -0.3 is 14.2 Å². The molecule has 0 unspecified atom stereocenters. The average molecular weight is 331 g/mol. The van der Waals surface area contributed by atoms with E-state index in [1.165, 1.54) is 25.8 Å². The molecule has 3 aliphatic rings. The van der Waals surface area contributed by atoms with Gasteiger partial charge in [0.1, 0.15) is 5.76 Å². The Hall–Kier alpha value is -1.82. The third-order valence-electron chi connectivity index (χ3n) is 5.64. The summed E-state index contributed by atoms with van der Waals surface area (Å²) in [6.45, 7) is 4.77. The van der Waals surface area contributed by atoms with E-state index in [1.54, 1.807) is 11.2 Å². The molecule has 1 aromatic heterocycles. The second-order valence-electron chi connectivity index (χ2n) is 7.22. The van der Waals surface area contributed by atoms with Gasteiger partial charge in [-0.15, -0.1) is 0 Å². The van der Waals surface area contributed by atoms with Gasteiger partial charge in [0, 0.05) is 38.6 Å². The molecular weight excluding hydrogens is 306 g/mol. The molecule has 1 aromatic rings. The number of amides is 2. The summed E-state index contributed by atoms with van der Waals surface area (Å²) in [4.78, 5) is 31.4. The van der Waals surface area contributed by atoms with Gasteiger partial charge in [-0.05, 0) is 31.5 Å². The Morgan fingerprint density at radius 2 is 2.12 bits per heavy atom. The van der Waals surface area contributed by atoms with Crippen molar-refractivity contribution in [3.05, 3.63) is 24.2 Å². The molecule has 0 aromatic carbocycles. The zero-order valence-electron chi connectivity index (χ0n) is 14.0. The zero-order chi connectivity index (χ0) is 16.5. The highest BCUT2D eigenvalue weighted by atomic mass is 16.3. The molecule has 0 N–H and O–H groups in total. The van der Waals surface area contributed by atoms with Crippen molar-refractivity contribution in [2.24, 2.45) is 5.92 Å². The van der Waals surface area contributed by atoms with E-state index in [-0.39, 0.29) is 17.7 Å². The minimum absolute atomic E-state index is 0.0565. The van der Waals surface area contributed by atoms with Crippen molar-refractivity contribution in [1.82, 2.24) is 14.7 Å². The van der Waals surface area contributed by atoms with Crippen LogP contribution in [-0.4, -0.2) is 65.3 Å². The van der Waals surface area contributed by atoms with E-state index in [1.807, 2.05) is 17.0 Å². The molecule has 4 rings (SSSR count). The first-order valence-electron chi connectivity index (χ1n) is 9.03. The molecule has 3 aliphatic heterocycles. The normalized spacial score (nSPS) is 28.2. The lowest BCUT2D eigenvalue weighted by molar-refractivity contribution is -0.139. The largest absolute Gasteiger partial charge is 0.467 e. The predicted molar refractivity (Wildman–Crippen MR) is 88.0 cm³/mol. The Labute approximate surface area is 142 Å². The molecule has 3 saturated heterocycles. The first-order chi connectivity index (χ1) is 11.7. The van der Waals surface area contributed by atoms with Gasteiger partial charge in [0.05, 0.1) is 18.7 Å². The highest BCUT2D eigenvalue weighted by Crippen LogP contribution is 2.26. The van der Waals surface area contributed by atoms with E-state index < -0.39 is 0 Å². The van der Waals surface area contributed by atoms with Crippen LogP contribution in [-0.2, 0) is 16.1 Å². The molecule has 24 heavy (non-hydrogen) atoms. The van der Waals surface area contributed by atoms with Crippen molar-refractivity contribution in [2.75, 3.05) is 32.7 Å². The van der Waals surface area contributed by atoms with Gasteiger partial charge in [0.25, 0.3) is 0 Å². The lowest BCUT2D eigenvalue weighted by Gasteiger charge is -2.44. The van der Waals surface area contributed by atoms with Crippen molar-refractivity contribution >= 4 is 11.8 Å². The molecule has 0 radical (unpaired) electrons. The Balaban J connectivity index is 1.35. The topological polar surface area (TPSA) is 57.0 Å². The number of carbonyl (C=O) groups excluding carboxylic acids is 2. The molecule has 6 nitrogen and oxygen atoms in total. The van der Waals surface area contributed by atoms with Crippen LogP contribution in [0.25, 0.3) is 0 Å². The summed E-state index contributed by atoms with van der Waals surface area (Å²) in [5.74, 6) is 0.798. The number of nitrogens with zero attached hydrogens (tertiary/aromatic N) is 3. The molecule has 4 heterocycles. The third-order valence-corrected chi connectivity index (χ3v) is 5.64. The first-order valence-corrected chi connectivity index (χ1v) is 9.03. The SMILES string of the molecule is O=C1C[C@@H](C(=O)N2CCN3CCCC[C@@H]3C2)CN1Cc1ccco1. The van der Waals surface area contributed by atoms with Crippen molar-refractivity contribution in [3.8, 4) is 0 Å².